The molecule has 3 aromatic rings. The van der Waals surface area contributed by atoms with E-state index in [1.165, 1.54) is 42.6 Å². The molecule has 2 aromatic heterocycles. The van der Waals surface area contributed by atoms with E-state index >= 15 is 0 Å². The molecule has 0 fully saturated rings. The number of amides is 1. The van der Waals surface area contributed by atoms with E-state index in [0.717, 1.165) is 18.9 Å². The molecule has 0 aliphatic rings. The van der Waals surface area contributed by atoms with Gasteiger partial charge in [-0.3, -0.25) is 19.3 Å². The molecule has 0 saturated heterocycles. The Labute approximate surface area is 211 Å². The van der Waals surface area contributed by atoms with E-state index in [2.05, 4.69) is 20.6 Å². The van der Waals surface area contributed by atoms with Crippen LogP contribution in [0.25, 0.3) is 11.1 Å². The van der Waals surface area contributed by atoms with Crippen molar-refractivity contribution in [2.45, 2.75) is 38.4 Å². The second-order valence-corrected chi connectivity index (χ2v) is 8.15. The van der Waals surface area contributed by atoms with Gasteiger partial charge in [0.2, 0.25) is 5.91 Å². The topological polar surface area (TPSA) is 142 Å². The monoisotopic (exact) mass is 513 g/mol. The van der Waals surface area contributed by atoms with Gasteiger partial charge in [-0.05, 0) is 60.7 Å². The second-order valence-electron chi connectivity index (χ2n) is 8.15. The molecule has 3 rings (SSSR count). The molecule has 0 aliphatic heterocycles. The van der Waals surface area contributed by atoms with E-state index in [0.29, 0.717) is 36.2 Å². The summed E-state index contributed by atoms with van der Waals surface area (Å²) in [7, 11) is 0. The van der Waals surface area contributed by atoms with Gasteiger partial charge in [0.1, 0.15) is 11.5 Å². The summed E-state index contributed by atoms with van der Waals surface area (Å²) < 4.78 is 41.7. The molecule has 9 nitrogen and oxygen atoms in total. The number of hydrogen-bond donors (Lipinski definition) is 3. The predicted molar refractivity (Wildman–Crippen MR) is 130 cm³/mol. The number of carbonyl (C=O) groups excluding carboxylic acids is 2. The van der Waals surface area contributed by atoms with Gasteiger partial charge < -0.3 is 16.8 Å². The summed E-state index contributed by atoms with van der Waals surface area (Å²) in [6, 6.07) is 8.13. The molecule has 37 heavy (non-hydrogen) atoms. The molecule has 0 radical (unpaired) electrons. The maximum absolute atomic E-state index is 13.4. The maximum atomic E-state index is 13.4. The standard InChI is InChI=1S/C25H26F3N7O2/c26-25(27,28)22-7-2-1-6-21(22)17-10-11-31-19(13-17)14-24(37)32-23(30)9-8-18(29)5-3-4-12-35-15-20(16-36)33-34-35/h1-2,6-11,13,15-16H,3-5,12,14,29-30H2,(H,32,37)/b18-8-,23-9+. The minimum atomic E-state index is -4.51. The van der Waals surface area contributed by atoms with Crippen molar-refractivity contribution in [1.29, 1.82) is 0 Å². The molecule has 12 heteroatoms. The zero-order valence-electron chi connectivity index (χ0n) is 19.8. The average molecular weight is 514 g/mol. The van der Waals surface area contributed by atoms with E-state index in [-0.39, 0.29) is 23.5 Å². The van der Waals surface area contributed by atoms with Gasteiger partial charge in [-0.2, -0.15) is 13.2 Å². The highest BCUT2D eigenvalue weighted by atomic mass is 19.4. The number of pyridine rings is 1. The summed E-state index contributed by atoms with van der Waals surface area (Å²) in [4.78, 5) is 27.1. The first-order chi connectivity index (χ1) is 17.7. The van der Waals surface area contributed by atoms with Gasteiger partial charge in [-0.1, -0.05) is 23.4 Å². The number of halogens is 3. The number of aromatic nitrogens is 4. The Balaban J connectivity index is 1.51. The highest BCUT2D eigenvalue weighted by Crippen LogP contribution is 2.36. The number of rotatable bonds is 11. The van der Waals surface area contributed by atoms with E-state index in [9.17, 15) is 22.8 Å². The normalized spacial score (nSPS) is 12.4. The van der Waals surface area contributed by atoms with Crippen LogP contribution in [-0.4, -0.2) is 32.2 Å². The first-order valence-corrected chi connectivity index (χ1v) is 11.3. The Hall–Kier alpha value is -4.48. The van der Waals surface area contributed by atoms with Gasteiger partial charge >= 0.3 is 6.18 Å². The third kappa shape index (κ3) is 8.30. The number of aldehydes is 1. The SMILES string of the molecule is N/C(=C\C=C(/N)NC(=O)Cc1cc(-c2ccccc2C(F)(F)F)ccn1)CCCCn1cc(C=O)nn1. The lowest BCUT2D eigenvalue weighted by molar-refractivity contribution is -0.137. The van der Waals surface area contributed by atoms with Crippen LogP contribution >= 0.6 is 0 Å². The van der Waals surface area contributed by atoms with E-state index < -0.39 is 17.6 Å². The smallest absolute Gasteiger partial charge is 0.402 e. The third-order valence-corrected chi connectivity index (χ3v) is 5.24. The summed E-state index contributed by atoms with van der Waals surface area (Å²) >= 11 is 0. The lowest BCUT2D eigenvalue weighted by atomic mass is 9.99. The van der Waals surface area contributed by atoms with Crippen LogP contribution in [0.2, 0.25) is 0 Å². The van der Waals surface area contributed by atoms with Crippen molar-refractivity contribution < 1.29 is 22.8 Å². The van der Waals surface area contributed by atoms with Crippen LogP contribution in [0.3, 0.4) is 0 Å². The Kier molecular flexibility index (Phi) is 9.14. The summed E-state index contributed by atoms with van der Waals surface area (Å²) in [5.41, 5.74) is 12.5. The molecule has 1 aromatic carbocycles. The number of hydrogen-bond acceptors (Lipinski definition) is 7. The second kappa shape index (κ2) is 12.5. The van der Waals surface area contributed by atoms with Gasteiger partial charge in [-0.15, -0.1) is 5.10 Å². The summed E-state index contributed by atoms with van der Waals surface area (Å²) in [5.74, 6) is -0.410. The van der Waals surface area contributed by atoms with Crippen LogP contribution in [-0.2, 0) is 23.9 Å². The van der Waals surface area contributed by atoms with E-state index in [1.807, 2.05) is 0 Å². The van der Waals surface area contributed by atoms with Gasteiger partial charge in [0.25, 0.3) is 0 Å². The van der Waals surface area contributed by atoms with Crippen molar-refractivity contribution in [3.05, 3.63) is 89.4 Å². The maximum Gasteiger partial charge on any atom is 0.417 e. The number of benzene rings is 1. The van der Waals surface area contributed by atoms with E-state index in [4.69, 9.17) is 11.5 Å². The number of aryl methyl sites for hydroxylation is 1. The van der Waals surface area contributed by atoms with E-state index in [1.54, 1.807) is 17.0 Å². The molecule has 194 valence electrons. The fraction of sp³-hybridized carbons (Fsp3) is 0.240. The first kappa shape index (κ1) is 27.1. The van der Waals surface area contributed by atoms with Gasteiger partial charge in [0.05, 0.1) is 23.9 Å². The van der Waals surface area contributed by atoms with Crippen LogP contribution in [0, 0.1) is 0 Å². The number of allylic oxidation sites excluding steroid dienone is 3. The van der Waals surface area contributed by atoms with Crippen LogP contribution in [0.4, 0.5) is 13.2 Å². The zero-order valence-corrected chi connectivity index (χ0v) is 19.8. The molecular weight excluding hydrogens is 487 g/mol. The van der Waals surface area contributed by atoms with Crippen molar-refractivity contribution in [1.82, 2.24) is 25.3 Å². The Morgan fingerprint density at radius 3 is 2.62 bits per heavy atom. The van der Waals surface area contributed by atoms with Crippen molar-refractivity contribution in [3.8, 4) is 11.1 Å². The van der Waals surface area contributed by atoms with Crippen molar-refractivity contribution in [2.75, 3.05) is 0 Å². The number of carbonyl (C=O) groups is 2. The molecule has 0 unspecified atom stereocenters. The highest BCUT2D eigenvalue weighted by Gasteiger charge is 2.33. The number of unbranched alkanes of at least 4 members (excludes halogenated alkanes) is 1. The van der Waals surface area contributed by atoms with Crippen molar-refractivity contribution >= 4 is 12.2 Å². The Bertz CT molecular complexity index is 1300. The number of nitrogens with two attached hydrogens (primary N) is 2. The molecule has 0 spiro atoms. The van der Waals surface area contributed by atoms with Gasteiger partial charge in [0, 0.05) is 18.4 Å². The largest absolute Gasteiger partial charge is 0.417 e. The minimum Gasteiger partial charge on any atom is -0.402 e. The molecule has 2 heterocycles. The summed E-state index contributed by atoms with van der Waals surface area (Å²) in [6.45, 7) is 0.596. The lowest BCUT2D eigenvalue weighted by Gasteiger charge is -2.13. The van der Waals surface area contributed by atoms with Crippen molar-refractivity contribution in [2.24, 2.45) is 11.5 Å². The number of alkyl halides is 3. The quantitative estimate of drug-likeness (QED) is 0.203. The highest BCUT2D eigenvalue weighted by molar-refractivity contribution is 5.80. The third-order valence-electron chi connectivity index (χ3n) is 5.24. The molecule has 1 amide bonds. The summed E-state index contributed by atoms with van der Waals surface area (Å²) in [5, 5.41) is 10.0. The molecule has 5 N–H and O–H groups in total. The molecular formula is C25H26F3N7O2. The minimum absolute atomic E-state index is 0.00563. The van der Waals surface area contributed by atoms with Gasteiger partial charge in [-0.25, -0.2) is 0 Å². The summed E-state index contributed by atoms with van der Waals surface area (Å²) in [6.07, 6.45) is 4.03. The van der Waals surface area contributed by atoms with Crippen LogP contribution in [0.1, 0.15) is 41.0 Å². The zero-order chi connectivity index (χ0) is 26.8. The first-order valence-electron chi connectivity index (χ1n) is 11.3. The molecule has 0 atom stereocenters. The lowest BCUT2D eigenvalue weighted by Crippen LogP contribution is -2.29. The predicted octanol–water partition coefficient (Wildman–Crippen LogP) is 3.34. The van der Waals surface area contributed by atoms with Crippen LogP contribution < -0.4 is 16.8 Å². The fourth-order valence-corrected chi connectivity index (χ4v) is 3.50. The van der Waals surface area contributed by atoms with Crippen LogP contribution in [0.5, 0.6) is 0 Å². The Morgan fingerprint density at radius 1 is 1.11 bits per heavy atom. The van der Waals surface area contributed by atoms with Crippen molar-refractivity contribution in [3.63, 3.8) is 0 Å². The molecule has 0 saturated carbocycles. The fourth-order valence-electron chi connectivity index (χ4n) is 3.50. The van der Waals surface area contributed by atoms with Gasteiger partial charge in [0.15, 0.2) is 6.29 Å². The molecule has 0 bridgehead atoms. The van der Waals surface area contributed by atoms with Crippen LogP contribution in [0.15, 0.2) is 72.5 Å². The number of nitrogens with zero attached hydrogens (tertiary/aromatic N) is 4. The Morgan fingerprint density at radius 2 is 1.89 bits per heavy atom. The average Bonchev–Trinajstić information content (AvgIpc) is 3.33. The number of nitrogens with one attached hydrogen (secondary N) is 1. The molecule has 0 aliphatic carbocycles.